The summed E-state index contributed by atoms with van der Waals surface area (Å²) in [5.41, 5.74) is 2.46. The van der Waals surface area contributed by atoms with Gasteiger partial charge in [-0.15, -0.1) is 0 Å². The van der Waals surface area contributed by atoms with Crippen molar-refractivity contribution >= 4 is 0 Å². The lowest BCUT2D eigenvalue weighted by molar-refractivity contribution is -0.0260. The van der Waals surface area contributed by atoms with E-state index in [0.717, 1.165) is 31.6 Å². The zero-order valence-electron chi connectivity index (χ0n) is 14.7. The molecule has 0 unspecified atom stereocenters. The molecule has 0 bridgehead atoms. The maximum absolute atomic E-state index is 5.92. The molecule has 128 valence electrons. The summed E-state index contributed by atoms with van der Waals surface area (Å²) in [5.74, 6) is 0.570. The minimum absolute atomic E-state index is 0.289. The fourth-order valence-electron chi connectivity index (χ4n) is 3.41. The topological polar surface area (TPSA) is 34.2 Å². The van der Waals surface area contributed by atoms with Crippen LogP contribution < -0.4 is 5.32 Å². The van der Waals surface area contributed by atoms with E-state index >= 15 is 0 Å². The molecule has 1 aromatic heterocycles. The van der Waals surface area contributed by atoms with E-state index in [1.807, 2.05) is 12.3 Å². The number of hydrogen-bond donors (Lipinski definition) is 1. The van der Waals surface area contributed by atoms with Crippen molar-refractivity contribution in [1.29, 1.82) is 0 Å². The molecule has 1 N–H and O–H groups in total. The number of hydrogen-bond acceptors (Lipinski definition) is 3. The Hall–Kier alpha value is -1.71. The van der Waals surface area contributed by atoms with Crippen LogP contribution in [-0.4, -0.2) is 23.7 Å². The SMILES string of the molecule is CC(C)[C@@H]1C[C@H](N[C@H](Cc2ccccn2)c2ccccc2)CCO1. The number of nitrogens with one attached hydrogen (secondary N) is 1. The Morgan fingerprint density at radius 3 is 2.62 bits per heavy atom. The second-order valence-electron chi connectivity index (χ2n) is 7.03. The zero-order valence-corrected chi connectivity index (χ0v) is 14.7. The first-order chi connectivity index (χ1) is 11.7. The Balaban J connectivity index is 1.72. The van der Waals surface area contributed by atoms with Crippen molar-refractivity contribution < 1.29 is 4.74 Å². The summed E-state index contributed by atoms with van der Waals surface area (Å²) in [7, 11) is 0. The number of nitrogens with zero attached hydrogens (tertiary/aromatic N) is 1. The largest absolute Gasteiger partial charge is 0.378 e. The summed E-state index contributed by atoms with van der Waals surface area (Å²) in [6.45, 7) is 5.34. The Morgan fingerprint density at radius 1 is 1.12 bits per heavy atom. The minimum atomic E-state index is 0.289. The average Bonchev–Trinajstić information content (AvgIpc) is 2.63. The molecule has 1 fully saturated rings. The number of benzene rings is 1. The third-order valence-corrected chi connectivity index (χ3v) is 4.84. The van der Waals surface area contributed by atoms with Crippen LogP contribution in [0.2, 0.25) is 0 Å². The highest BCUT2D eigenvalue weighted by Crippen LogP contribution is 2.24. The molecule has 3 heteroatoms. The lowest BCUT2D eigenvalue weighted by atomic mass is 9.93. The second kappa shape index (κ2) is 8.41. The fraction of sp³-hybridized carbons (Fsp3) is 0.476. The van der Waals surface area contributed by atoms with Gasteiger partial charge >= 0.3 is 0 Å². The van der Waals surface area contributed by atoms with E-state index in [1.165, 1.54) is 5.56 Å². The van der Waals surface area contributed by atoms with Crippen molar-refractivity contribution in [2.24, 2.45) is 5.92 Å². The molecule has 3 rings (SSSR count). The average molecular weight is 324 g/mol. The number of ether oxygens (including phenoxy) is 1. The van der Waals surface area contributed by atoms with Crippen molar-refractivity contribution in [1.82, 2.24) is 10.3 Å². The van der Waals surface area contributed by atoms with Crippen LogP contribution in [0.3, 0.4) is 0 Å². The number of pyridine rings is 1. The van der Waals surface area contributed by atoms with Gasteiger partial charge in [-0.3, -0.25) is 4.98 Å². The monoisotopic (exact) mass is 324 g/mol. The van der Waals surface area contributed by atoms with Crippen LogP contribution in [0.4, 0.5) is 0 Å². The normalized spacial score (nSPS) is 22.5. The van der Waals surface area contributed by atoms with Crippen molar-refractivity contribution in [3.8, 4) is 0 Å². The molecule has 2 heterocycles. The molecule has 0 spiro atoms. The lowest BCUT2D eigenvalue weighted by Crippen LogP contribution is -2.42. The Labute approximate surface area is 145 Å². The fourth-order valence-corrected chi connectivity index (χ4v) is 3.41. The minimum Gasteiger partial charge on any atom is -0.378 e. The van der Waals surface area contributed by atoms with Gasteiger partial charge < -0.3 is 10.1 Å². The van der Waals surface area contributed by atoms with Gasteiger partial charge in [0.1, 0.15) is 0 Å². The van der Waals surface area contributed by atoms with Gasteiger partial charge in [0.25, 0.3) is 0 Å². The third-order valence-electron chi connectivity index (χ3n) is 4.84. The molecule has 1 aromatic carbocycles. The molecule has 3 nitrogen and oxygen atoms in total. The predicted molar refractivity (Wildman–Crippen MR) is 97.9 cm³/mol. The van der Waals surface area contributed by atoms with Crippen LogP contribution in [0.1, 0.15) is 44.0 Å². The second-order valence-corrected chi connectivity index (χ2v) is 7.03. The van der Waals surface area contributed by atoms with E-state index in [4.69, 9.17) is 4.74 Å². The molecular formula is C21H28N2O. The lowest BCUT2D eigenvalue weighted by Gasteiger charge is -2.35. The van der Waals surface area contributed by atoms with Crippen molar-refractivity contribution in [3.05, 3.63) is 66.0 Å². The highest BCUT2D eigenvalue weighted by atomic mass is 16.5. The molecule has 1 aliphatic rings. The van der Waals surface area contributed by atoms with Gasteiger partial charge in [0.15, 0.2) is 0 Å². The summed E-state index contributed by atoms with van der Waals surface area (Å²) in [5, 5.41) is 3.89. The van der Waals surface area contributed by atoms with E-state index < -0.39 is 0 Å². The van der Waals surface area contributed by atoms with Gasteiger partial charge in [0, 0.05) is 37.0 Å². The summed E-state index contributed by atoms with van der Waals surface area (Å²) >= 11 is 0. The van der Waals surface area contributed by atoms with Gasteiger partial charge in [-0.05, 0) is 36.5 Å². The summed E-state index contributed by atoms with van der Waals surface area (Å²) in [4.78, 5) is 4.52. The standard InChI is InChI=1S/C21H28N2O/c1-16(2)21-15-19(11-13-24-21)23-20(17-8-4-3-5-9-17)14-18-10-6-7-12-22-18/h3-10,12,16,19-21,23H,11,13-15H2,1-2H3/t19-,20-,21+/m1/s1. The Kier molecular flexibility index (Phi) is 6.00. The van der Waals surface area contributed by atoms with E-state index in [2.05, 4.69) is 66.6 Å². The van der Waals surface area contributed by atoms with Crippen LogP contribution in [0.15, 0.2) is 54.7 Å². The van der Waals surface area contributed by atoms with Gasteiger partial charge in [0.2, 0.25) is 0 Å². The predicted octanol–water partition coefficient (Wildman–Crippen LogP) is 4.16. The molecule has 1 aliphatic heterocycles. The third kappa shape index (κ3) is 4.65. The van der Waals surface area contributed by atoms with Gasteiger partial charge in [0.05, 0.1) is 6.10 Å². The summed E-state index contributed by atoms with van der Waals surface area (Å²) in [6, 6.07) is 17.7. The van der Waals surface area contributed by atoms with Crippen molar-refractivity contribution in [2.75, 3.05) is 6.61 Å². The van der Waals surface area contributed by atoms with E-state index in [0.29, 0.717) is 18.1 Å². The Morgan fingerprint density at radius 2 is 1.92 bits per heavy atom. The van der Waals surface area contributed by atoms with E-state index in [1.54, 1.807) is 0 Å². The smallest absolute Gasteiger partial charge is 0.0612 e. The molecule has 1 saturated heterocycles. The molecule has 2 aromatic rings. The van der Waals surface area contributed by atoms with Crippen molar-refractivity contribution in [3.63, 3.8) is 0 Å². The van der Waals surface area contributed by atoms with Gasteiger partial charge in [-0.25, -0.2) is 0 Å². The first-order valence-corrected chi connectivity index (χ1v) is 9.05. The molecule has 0 amide bonds. The summed E-state index contributed by atoms with van der Waals surface area (Å²) < 4.78 is 5.92. The molecule has 0 radical (unpaired) electrons. The highest BCUT2D eigenvalue weighted by Gasteiger charge is 2.27. The highest BCUT2D eigenvalue weighted by molar-refractivity contribution is 5.21. The van der Waals surface area contributed by atoms with Crippen molar-refractivity contribution in [2.45, 2.75) is 51.3 Å². The molecule has 24 heavy (non-hydrogen) atoms. The van der Waals surface area contributed by atoms with Crippen LogP contribution in [0, 0.1) is 5.92 Å². The van der Waals surface area contributed by atoms with Crippen LogP contribution >= 0.6 is 0 Å². The van der Waals surface area contributed by atoms with Crippen LogP contribution in [0.5, 0.6) is 0 Å². The van der Waals surface area contributed by atoms with E-state index in [9.17, 15) is 0 Å². The maximum atomic E-state index is 5.92. The maximum Gasteiger partial charge on any atom is 0.0612 e. The quantitative estimate of drug-likeness (QED) is 0.866. The molecule has 0 aliphatic carbocycles. The molecule has 3 atom stereocenters. The van der Waals surface area contributed by atoms with Gasteiger partial charge in [-0.1, -0.05) is 50.2 Å². The number of aromatic nitrogens is 1. The number of rotatable bonds is 6. The summed E-state index contributed by atoms with van der Waals surface area (Å²) in [6.07, 6.45) is 5.32. The first kappa shape index (κ1) is 17.1. The van der Waals surface area contributed by atoms with Gasteiger partial charge in [-0.2, -0.15) is 0 Å². The van der Waals surface area contributed by atoms with Crippen LogP contribution in [0.25, 0.3) is 0 Å². The zero-order chi connectivity index (χ0) is 16.8. The molecular weight excluding hydrogens is 296 g/mol. The Bertz CT molecular complexity index is 600. The molecule has 0 saturated carbocycles. The van der Waals surface area contributed by atoms with E-state index in [-0.39, 0.29) is 6.04 Å². The van der Waals surface area contributed by atoms with Crippen LogP contribution in [-0.2, 0) is 11.2 Å². The first-order valence-electron chi connectivity index (χ1n) is 9.05.